The van der Waals surface area contributed by atoms with Gasteiger partial charge in [-0.05, 0) is 25.1 Å². The van der Waals surface area contributed by atoms with Gasteiger partial charge in [0.25, 0.3) is 11.5 Å². The van der Waals surface area contributed by atoms with Crippen LogP contribution in [0.4, 0.5) is 0 Å². The molecule has 0 unspecified atom stereocenters. The first-order chi connectivity index (χ1) is 15.5. The molecule has 0 bridgehead atoms. The molecular weight excluding hydrogens is 448 g/mol. The van der Waals surface area contributed by atoms with Gasteiger partial charge in [-0.15, -0.1) is 11.3 Å². The van der Waals surface area contributed by atoms with E-state index < -0.39 is 0 Å². The Balaban J connectivity index is 1.30. The fraction of sp³-hybridized carbons (Fsp3) is 0.261. The minimum Gasteiger partial charge on any atom is -0.456 e. The van der Waals surface area contributed by atoms with Crippen molar-refractivity contribution in [2.45, 2.75) is 13.5 Å². The fourth-order valence-corrected chi connectivity index (χ4v) is 5.17. The molecule has 1 N–H and O–H groups in total. The summed E-state index contributed by atoms with van der Waals surface area (Å²) in [5, 5.41) is 3.10. The summed E-state index contributed by atoms with van der Waals surface area (Å²) >= 11 is 7.77. The zero-order chi connectivity index (χ0) is 22.2. The predicted octanol–water partition coefficient (Wildman–Crippen LogP) is 4.16. The number of aromatic nitrogens is 2. The van der Waals surface area contributed by atoms with E-state index in [9.17, 15) is 9.59 Å². The van der Waals surface area contributed by atoms with Crippen molar-refractivity contribution in [2.75, 3.05) is 26.2 Å². The fourth-order valence-electron chi connectivity index (χ4n) is 3.97. The maximum Gasteiger partial charge on any atom is 0.289 e. The number of thiophene rings is 1. The van der Waals surface area contributed by atoms with E-state index in [0.29, 0.717) is 59.5 Å². The molecule has 0 saturated carbocycles. The Labute approximate surface area is 193 Å². The van der Waals surface area contributed by atoms with E-state index in [1.807, 2.05) is 36.6 Å². The first kappa shape index (κ1) is 20.9. The molecule has 164 valence electrons. The average molecular weight is 469 g/mol. The molecule has 1 amide bonds. The lowest BCUT2D eigenvalue weighted by molar-refractivity contribution is 0.0593. The molecule has 4 aromatic rings. The van der Waals surface area contributed by atoms with Crippen LogP contribution >= 0.6 is 22.9 Å². The number of furan rings is 1. The third-order valence-electron chi connectivity index (χ3n) is 5.64. The van der Waals surface area contributed by atoms with Gasteiger partial charge in [-0.25, -0.2) is 4.98 Å². The van der Waals surface area contributed by atoms with Gasteiger partial charge in [0.2, 0.25) is 0 Å². The van der Waals surface area contributed by atoms with Crippen molar-refractivity contribution in [3.05, 3.63) is 74.5 Å². The molecule has 3 aromatic heterocycles. The number of nitrogens with one attached hydrogen (secondary N) is 1. The Morgan fingerprint density at radius 1 is 1.16 bits per heavy atom. The average Bonchev–Trinajstić information content (AvgIpc) is 3.41. The molecular formula is C23H21ClN4O3S. The molecule has 0 radical (unpaired) electrons. The van der Waals surface area contributed by atoms with E-state index in [1.54, 1.807) is 17.0 Å². The number of halogens is 1. The number of fused-ring (bicyclic) bond motifs is 1. The molecule has 0 spiro atoms. The van der Waals surface area contributed by atoms with Crippen LogP contribution < -0.4 is 5.56 Å². The number of hydrogen-bond donors (Lipinski definition) is 1. The van der Waals surface area contributed by atoms with Gasteiger partial charge in [0.05, 0.1) is 11.9 Å². The summed E-state index contributed by atoms with van der Waals surface area (Å²) in [7, 11) is 0. The molecule has 9 heteroatoms. The molecule has 0 aliphatic carbocycles. The monoisotopic (exact) mass is 468 g/mol. The van der Waals surface area contributed by atoms with Crippen LogP contribution in [0.15, 0.2) is 51.0 Å². The Morgan fingerprint density at radius 2 is 1.94 bits per heavy atom. The van der Waals surface area contributed by atoms with Crippen LogP contribution in [-0.2, 0) is 6.54 Å². The number of amides is 1. The van der Waals surface area contributed by atoms with Crippen molar-refractivity contribution in [3.8, 4) is 11.1 Å². The highest BCUT2D eigenvalue weighted by Gasteiger charge is 2.25. The molecule has 0 atom stereocenters. The van der Waals surface area contributed by atoms with E-state index in [-0.39, 0.29) is 11.5 Å². The normalized spacial score (nSPS) is 14.9. The molecule has 1 aliphatic heterocycles. The molecule has 1 aromatic carbocycles. The van der Waals surface area contributed by atoms with Crippen LogP contribution in [0, 0.1) is 6.92 Å². The second-order valence-electron chi connectivity index (χ2n) is 7.80. The Bertz CT molecular complexity index is 1350. The number of nitrogens with zero attached hydrogens (tertiary/aromatic N) is 3. The van der Waals surface area contributed by atoms with E-state index in [1.165, 1.54) is 11.3 Å². The summed E-state index contributed by atoms with van der Waals surface area (Å²) in [5.74, 6) is 1.64. The third-order valence-corrected chi connectivity index (χ3v) is 6.84. The van der Waals surface area contributed by atoms with Gasteiger partial charge in [0, 0.05) is 47.7 Å². The van der Waals surface area contributed by atoms with Gasteiger partial charge < -0.3 is 14.3 Å². The number of aromatic amines is 1. The van der Waals surface area contributed by atoms with Crippen LogP contribution in [0.5, 0.6) is 0 Å². The lowest BCUT2D eigenvalue weighted by atomic mass is 10.1. The standard InChI is InChI=1S/C23H21ClN4O3S/c1-14-6-7-18(31-14)23(30)28-10-8-27(9-11-28)12-19-25-21(29)20-16(13-32-22(20)26-19)15-4-2-3-5-17(15)24/h2-7,13H,8-12H2,1H3,(H,25,26,29). The van der Waals surface area contributed by atoms with Gasteiger partial charge >= 0.3 is 0 Å². The Morgan fingerprint density at radius 3 is 2.66 bits per heavy atom. The van der Waals surface area contributed by atoms with E-state index in [4.69, 9.17) is 21.0 Å². The van der Waals surface area contributed by atoms with Crippen LogP contribution in [0.1, 0.15) is 22.1 Å². The van der Waals surface area contributed by atoms with Crippen molar-refractivity contribution >= 4 is 39.1 Å². The lowest BCUT2D eigenvalue weighted by Crippen LogP contribution is -2.48. The topological polar surface area (TPSA) is 82.4 Å². The van der Waals surface area contributed by atoms with Crippen LogP contribution in [-0.4, -0.2) is 51.9 Å². The second kappa shape index (κ2) is 8.54. The maximum atomic E-state index is 12.9. The third kappa shape index (κ3) is 3.97. The molecule has 32 heavy (non-hydrogen) atoms. The van der Waals surface area contributed by atoms with Gasteiger partial charge in [0.1, 0.15) is 16.4 Å². The highest BCUT2D eigenvalue weighted by molar-refractivity contribution is 7.17. The minimum atomic E-state index is -0.164. The number of benzene rings is 1. The first-order valence-electron chi connectivity index (χ1n) is 10.3. The number of hydrogen-bond acceptors (Lipinski definition) is 6. The molecule has 5 rings (SSSR count). The first-order valence-corrected chi connectivity index (χ1v) is 11.6. The number of rotatable bonds is 4. The van der Waals surface area contributed by atoms with E-state index in [0.717, 1.165) is 16.9 Å². The summed E-state index contributed by atoms with van der Waals surface area (Å²) in [6.45, 7) is 4.93. The predicted molar refractivity (Wildman–Crippen MR) is 125 cm³/mol. The summed E-state index contributed by atoms with van der Waals surface area (Å²) in [6, 6.07) is 11.0. The molecule has 1 fully saturated rings. The summed E-state index contributed by atoms with van der Waals surface area (Å²) in [4.78, 5) is 37.8. The highest BCUT2D eigenvalue weighted by atomic mass is 35.5. The quantitative estimate of drug-likeness (QED) is 0.486. The minimum absolute atomic E-state index is 0.0867. The van der Waals surface area contributed by atoms with Crippen LogP contribution in [0.25, 0.3) is 21.3 Å². The van der Waals surface area contributed by atoms with Gasteiger partial charge in [0.15, 0.2) is 5.76 Å². The van der Waals surface area contributed by atoms with Crippen molar-refractivity contribution in [2.24, 2.45) is 0 Å². The number of carbonyl (C=O) groups is 1. The largest absolute Gasteiger partial charge is 0.456 e. The number of H-pyrrole nitrogens is 1. The zero-order valence-electron chi connectivity index (χ0n) is 17.4. The summed E-state index contributed by atoms with van der Waals surface area (Å²) < 4.78 is 5.45. The summed E-state index contributed by atoms with van der Waals surface area (Å²) in [5.41, 5.74) is 1.47. The number of carbonyl (C=O) groups excluding carboxylic acids is 1. The van der Waals surface area contributed by atoms with Gasteiger partial charge in [-0.1, -0.05) is 29.8 Å². The smallest absolute Gasteiger partial charge is 0.289 e. The Kier molecular flexibility index (Phi) is 5.58. The van der Waals surface area contributed by atoms with Crippen molar-refractivity contribution in [1.29, 1.82) is 0 Å². The lowest BCUT2D eigenvalue weighted by Gasteiger charge is -2.33. The number of aryl methyl sites for hydroxylation is 1. The highest BCUT2D eigenvalue weighted by Crippen LogP contribution is 2.34. The van der Waals surface area contributed by atoms with Crippen LogP contribution in [0.3, 0.4) is 0 Å². The number of piperazine rings is 1. The van der Waals surface area contributed by atoms with Gasteiger partial charge in [-0.3, -0.25) is 14.5 Å². The SMILES string of the molecule is Cc1ccc(C(=O)N2CCN(Cc3nc4scc(-c5ccccc5Cl)c4c(=O)[nH]3)CC2)o1. The van der Waals surface area contributed by atoms with E-state index >= 15 is 0 Å². The zero-order valence-corrected chi connectivity index (χ0v) is 19.0. The molecule has 1 aliphatic rings. The maximum absolute atomic E-state index is 12.9. The second-order valence-corrected chi connectivity index (χ2v) is 9.07. The molecule has 4 heterocycles. The van der Waals surface area contributed by atoms with Gasteiger partial charge in [-0.2, -0.15) is 0 Å². The van der Waals surface area contributed by atoms with Crippen molar-refractivity contribution < 1.29 is 9.21 Å². The van der Waals surface area contributed by atoms with Crippen molar-refractivity contribution in [3.63, 3.8) is 0 Å². The Hall–Kier alpha value is -2.94. The molecule has 1 saturated heterocycles. The summed E-state index contributed by atoms with van der Waals surface area (Å²) in [6.07, 6.45) is 0. The van der Waals surface area contributed by atoms with Crippen molar-refractivity contribution in [1.82, 2.24) is 19.8 Å². The van der Waals surface area contributed by atoms with E-state index in [2.05, 4.69) is 9.88 Å². The molecule has 7 nitrogen and oxygen atoms in total. The van der Waals surface area contributed by atoms with Crippen LogP contribution in [0.2, 0.25) is 5.02 Å².